The van der Waals surface area contributed by atoms with E-state index in [-0.39, 0.29) is 29.6 Å². The van der Waals surface area contributed by atoms with Crippen molar-refractivity contribution in [2.45, 2.75) is 39.5 Å². The Morgan fingerprint density at radius 2 is 1.72 bits per heavy atom. The van der Waals surface area contributed by atoms with Gasteiger partial charge in [-0.3, -0.25) is 20.2 Å². The number of amides is 4. The SMILES string of the molecule is C/C=C/CC1(CCCC)C(=O)NC(=O)NC1=O.[Na+]. The Hall–Kier alpha value is -0.650. The van der Waals surface area contributed by atoms with E-state index in [0.717, 1.165) is 12.8 Å². The minimum Gasteiger partial charge on any atom is -0.277 e. The van der Waals surface area contributed by atoms with Crippen LogP contribution >= 0.6 is 0 Å². The van der Waals surface area contributed by atoms with Crippen LogP contribution in [0.4, 0.5) is 4.79 Å². The van der Waals surface area contributed by atoms with Crippen molar-refractivity contribution in [3.05, 3.63) is 12.2 Å². The van der Waals surface area contributed by atoms with E-state index in [2.05, 4.69) is 10.6 Å². The van der Waals surface area contributed by atoms with Gasteiger partial charge in [0.2, 0.25) is 11.8 Å². The van der Waals surface area contributed by atoms with Crippen LogP contribution in [0.1, 0.15) is 39.5 Å². The zero-order valence-electron chi connectivity index (χ0n) is 11.2. The number of barbiturate groups is 1. The summed E-state index contributed by atoms with van der Waals surface area (Å²) in [5, 5.41) is 4.35. The molecule has 1 fully saturated rings. The molecule has 0 radical (unpaired) electrons. The number of unbranched alkanes of at least 4 members (excludes halogenated alkanes) is 1. The van der Waals surface area contributed by atoms with Crippen LogP contribution in [0.3, 0.4) is 0 Å². The first kappa shape index (κ1) is 17.4. The maximum absolute atomic E-state index is 11.9. The average molecular weight is 261 g/mol. The van der Waals surface area contributed by atoms with E-state index in [1.807, 2.05) is 13.8 Å². The van der Waals surface area contributed by atoms with Crippen molar-refractivity contribution < 1.29 is 43.9 Å². The van der Waals surface area contributed by atoms with Crippen molar-refractivity contribution >= 4 is 17.8 Å². The Kier molecular flexibility index (Phi) is 7.43. The molecule has 0 aromatic rings. The fraction of sp³-hybridized carbons (Fsp3) is 0.583. The van der Waals surface area contributed by atoms with Crippen LogP contribution in [0.15, 0.2) is 12.2 Å². The molecule has 1 saturated heterocycles. The number of allylic oxidation sites excluding steroid dienone is 2. The van der Waals surface area contributed by atoms with E-state index in [9.17, 15) is 14.4 Å². The van der Waals surface area contributed by atoms with Gasteiger partial charge in [-0.25, -0.2) is 4.79 Å². The van der Waals surface area contributed by atoms with Gasteiger partial charge >= 0.3 is 35.6 Å². The number of carbonyl (C=O) groups is 3. The molecule has 0 atom stereocenters. The number of carbonyl (C=O) groups excluding carboxylic acids is 3. The second-order valence-electron chi connectivity index (χ2n) is 4.20. The molecule has 6 heteroatoms. The molecule has 1 rings (SSSR count). The topological polar surface area (TPSA) is 75.3 Å². The molecule has 1 aliphatic heterocycles. The molecule has 0 aromatic carbocycles. The van der Waals surface area contributed by atoms with Crippen LogP contribution in [0, 0.1) is 5.41 Å². The molecule has 0 spiro atoms. The minimum atomic E-state index is -1.13. The minimum absolute atomic E-state index is 0. The van der Waals surface area contributed by atoms with Gasteiger partial charge in [0.05, 0.1) is 0 Å². The van der Waals surface area contributed by atoms with E-state index >= 15 is 0 Å². The Labute approximate surface area is 129 Å². The zero-order chi connectivity index (χ0) is 12.9. The number of hydrogen-bond donors (Lipinski definition) is 2. The second kappa shape index (κ2) is 7.71. The van der Waals surface area contributed by atoms with Crippen molar-refractivity contribution in [1.29, 1.82) is 0 Å². The Bertz CT molecular complexity index is 346. The quantitative estimate of drug-likeness (QED) is 0.359. The molecular weight excluding hydrogens is 243 g/mol. The monoisotopic (exact) mass is 261 g/mol. The fourth-order valence-corrected chi connectivity index (χ4v) is 1.89. The van der Waals surface area contributed by atoms with Crippen molar-refractivity contribution in [1.82, 2.24) is 10.6 Å². The summed E-state index contributed by atoms with van der Waals surface area (Å²) in [6, 6.07) is -0.729. The summed E-state index contributed by atoms with van der Waals surface area (Å²) in [4.78, 5) is 34.9. The molecule has 94 valence electrons. The van der Waals surface area contributed by atoms with E-state index < -0.39 is 23.3 Å². The summed E-state index contributed by atoms with van der Waals surface area (Å²) in [5.74, 6) is -0.976. The average Bonchev–Trinajstić information content (AvgIpc) is 2.27. The van der Waals surface area contributed by atoms with Gasteiger partial charge in [-0.2, -0.15) is 0 Å². The molecule has 18 heavy (non-hydrogen) atoms. The van der Waals surface area contributed by atoms with Crippen molar-refractivity contribution in [3.8, 4) is 0 Å². The first-order valence-corrected chi connectivity index (χ1v) is 5.85. The summed E-state index contributed by atoms with van der Waals surface area (Å²) in [6.07, 6.45) is 6.03. The second-order valence-corrected chi connectivity index (χ2v) is 4.20. The molecule has 1 heterocycles. The van der Waals surface area contributed by atoms with Crippen LogP contribution in [-0.4, -0.2) is 17.8 Å². The molecule has 0 aromatic heterocycles. The fourth-order valence-electron chi connectivity index (χ4n) is 1.89. The van der Waals surface area contributed by atoms with Gasteiger partial charge in [-0.05, 0) is 19.8 Å². The summed E-state index contributed by atoms with van der Waals surface area (Å²) in [7, 11) is 0. The van der Waals surface area contributed by atoms with Gasteiger partial charge in [0.15, 0.2) is 0 Å². The largest absolute Gasteiger partial charge is 1.00 e. The number of imide groups is 2. The van der Waals surface area contributed by atoms with Crippen molar-refractivity contribution in [2.24, 2.45) is 5.41 Å². The third-order valence-corrected chi connectivity index (χ3v) is 2.98. The molecule has 0 unspecified atom stereocenters. The normalized spacial score (nSPS) is 18.2. The van der Waals surface area contributed by atoms with Crippen LogP contribution in [0.2, 0.25) is 0 Å². The number of urea groups is 1. The standard InChI is InChI=1S/C12H18N2O3.Na/c1-3-5-7-12(8-6-4-2)9(15)13-11(17)14-10(12)16;/h3,5H,4,6-8H2,1-2H3,(H2,13,14,15,16,17);/q;+1/b5-3+;. The Morgan fingerprint density at radius 3 is 2.17 bits per heavy atom. The number of rotatable bonds is 5. The van der Waals surface area contributed by atoms with Gasteiger partial charge in [0.25, 0.3) is 0 Å². The van der Waals surface area contributed by atoms with E-state index in [4.69, 9.17) is 0 Å². The molecule has 2 N–H and O–H groups in total. The molecule has 4 amide bonds. The van der Waals surface area contributed by atoms with Crippen LogP contribution in [0.5, 0.6) is 0 Å². The first-order valence-electron chi connectivity index (χ1n) is 5.85. The van der Waals surface area contributed by atoms with Crippen molar-refractivity contribution in [3.63, 3.8) is 0 Å². The van der Waals surface area contributed by atoms with E-state index in [1.54, 1.807) is 12.2 Å². The van der Waals surface area contributed by atoms with Gasteiger partial charge < -0.3 is 0 Å². The molecule has 0 saturated carbocycles. The van der Waals surface area contributed by atoms with Gasteiger partial charge in [0.1, 0.15) is 5.41 Å². The zero-order valence-corrected chi connectivity index (χ0v) is 13.2. The molecular formula is C12H18N2NaO3+. The third-order valence-electron chi connectivity index (χ3n) is 2.98. The molecule has 5 nitrogen and oxygen atoms in total. The van der Waals surface area contributed by atoms with Crippen LogP contribution < -0.4 is 40.2 Å². The Balaban J connectivity index is 0.00000289. The summed E-state index contributed by atoms with van der Waals surface area (Å²) >= 11 is 0. The summed E-state index contributed by atoms with van der Waals surface area (Å²) < 4.78 is 0. The molecule has 0 aliphatic carbocycles. The summed E-state index contributed by atoms with van der Waals surface area (Å²) in [5.41, 5.74) is -1.13. The van der Waals surface area contributed by atoms with Crippen LogP contribution in [-0.2, 0) is 9.59 Å². The predicted molar refractivity (Wildman–Crippen MR) is 63.1 cm³/mol. The number of nitrogens with one attached hydrogen (secondary N) is 2. The molecule has 0 bridgehead atoms. The van der Waals surface area contributed by atoms with Crippen molar-refractivity contribution in [2.75, 3.05) is 0 Å². The number of hydrogen-bond acceptors (Lipinski definition) is 3. The van der Waals surface area contributed by atoms with Gasteiger partial charge in [-0.1, -0.05) is 31.9 Å². The summed E-state index contributed by atoms with van der Waals surface area (Å²) in [6.45, 7) is 3.82. The van der Waals surface area contributed by atoms with E-state index in [1.165, 1.54) is 0 Å². The first-order chi connectivity index (χ1) is 8.06. The van der Waals surface area contributed by atoms with Gasteiger partial charge in [0, 0.05) is 0 Å². The maximum Gasteiger partial charge on any atom is 1.00 e. The van der Waals surface area contributed by atoms with E-state index in [0.29, 0.717) is 12.8 Å². The Morgan fingerprint density at radius 1 is 1.17 bits per heavy atom. The van der Waals surface area contributed by atoms with Gasteiger partial charge in [-0.15, -0.1) is 0 Å². The smallest absolute Gasteiger partial charge is 0.277 e. The maximum atomic E-state index is 11.9. The predicted octanol–water partition coefficient (Wildman–Crippen LogP) is -1.50. The molecule has 1 aliphatic rings. The van der Waals surface area contributed by atoms with Crippen LogP contribution in [0.25, 0.3) is 0 Å². The third kappa shape index (κ3) is 3.67.